The second-order valence-electron chi connectivity index (χ2n) is 6.19. The summed E-state index contributed by atoms with van der Waals surface area (Å²) in [6.07, 6.45) is 2.37. The van der Waals surface area contributed by atoms with Crippen LogP contribution in [0.3, 0.4) is 0 Å². The summed E-state index contributed by atoms with van der Waals surface area (Å²) < 4.78 is 7.87. The molecule has 1 amide bonds. The number of carbonyl (C=O) groups excluding carboxylic acids is 1. The molecule has 0 unspecified atom stereocenters. The van der Waals surface area contributed by atoms with Crippen LogP contribution in [-0.2, 0) is 6.54 Å². The summed E-state index contributed by atoms with van der Waals surface area (Å²) in [7, 11) is 1.40. The Bertz CT molecular complexity index is 1160. The average molecular weight is 553 g/mol. The molecule has 0 fully saturated rings. The predicted octanol–water partition coefficient (Wildman–Crippen LogP) is 3.84. The summed E-state index contributed by atoms with van der Waals surface area (Å²) in [6.45, 7) is 0.246. The van der Waals surface area contributed by atoms with Crippen molar-refractivity contribution in [3.05, 3.63) is 78.5 Å². The monoisotopic (exact) mass is 551 g/mol. The van der Waals surface area contributed by atoms with E-state index in [0.29, 0.717) is 4.47 Å². The fourth-order valence-electron chi connectivity index (χ4n) is 2.63. The standard InChI is InChI=1S/C19H15Br2N5O5/c1-31-16-7-14(21)6-12(18(16)27)8-22-23-19(28)17-15(26(29)30)10-25(24-17)9-11-2-4-13(20)5-3-11/h2-8,10,27H,9H2,1H3,(H,23,28)/b22-8-. The SMILES string of the molecule is COc1cc(Br)cc(/C=N\NC(=O)c2nn(Cc3ccc(Br)cc3)cc2[N+](=O)[O-])c1O. The van der Waals surface area contributed by atoms with Gasteiger partial charge in [-0.1, -0.05) is 44.0 Å². The van der Waals surface area contributed by atoms with Crippen LogP contribution in [0, 0.1) is 10.1 Å². The van der Waals surface area contributed by atoms with Crippen LogP contribution < -0.4 is 10.2 Å². The number of phenolic OH excluding ortho intramolecular Hbond substituents is 1. The Morgan fingerprint density at radius 3 is 2.68 bits per heavy atom. The maximum absolute atomic E-state index is 12.4. The largest absolute Gasteiger partial charge is 0.504 e. The average Bonchev–Trinajstić information content (AvgIpc) is 3.16. The number of amides is 1. The van der Waals surface area contributed by atoms with Gasteiger partial charge in [0.1, 0.15) is 6.20 Å². The molecule has 0 aliphatic carbocycles. The Kier molecular flexibility index (Phi) is 7.02. The van der Waals surface area contributed by atoms with Crippen LogP contribution in [-0.4, -0.2) is 39.0 Å². The van der Waals surface area contributed by atoms with Crippen LogP contribution in [0.1, 0.15) is 21.6 Å². The highest BCUT2D eigenvalue weighted by atomic mass is 79.9. The van der Waals surface area contributed by atoms with Gasteiger partial charge in [0.15, 0.2) is 11.5 Å². The number of hydrogen-bond donors (Lipinski definition) is 2. The lowest BCUT2D eigenvalue weighted by Crippen LogP contribution is -2.19. The Morgan fingerprint density at radius 1 is 1.32 bits per heavy atom. The van der Waals surface area contributed by atoms with E-state index in [1.54, 1.807) is 12.1 Å². The summed E-state index contributed by atoms with van der Waals surface area (Å²) in [5, 5.41) is 29.3. The van der Waals surface area contributed by atoms with Crippen molar-refractivity contribution in [2.24, 2.45) is 5.10 Å². The van der Waals surface area contributed by atoms with Gasteiger partial charge in [0.2, 0.25) is 5.69 Å². The van der Waals surface area contributed by atoms with Gasteiger partial charge in [0.25, 0.3) is 5.91 Å². The number of nitro groups is 1. The topological polar surface area (TPSA) is 132 Å². The van der Waals surface area contributed by atoms with Crippen molar-refractivity contribution in [2.45, 2.75) is 6.54 Å². The first-order valence-corrected chi connectivity index (χ1v) is 10.2. The van der Waals surface area contributed by atoms with Crippen LogP contribution in [0.15, 0.2) is 56.6 Å². The molecular formula is C19H15Br2N5O5. The molecule has 0 bridgehead atoms. The van der Waals surface area contributed by atoms with Gasteiger partial charge in [-0.3, -0.25) is 19.6 Å². The molecule has 0 aliphatic heterocycles. The molecule has 0 aliphatic rings. The van der Waals surface area contributed by atoms with Gasteiger partial charge < -0.3 is 9.84 Å². The van der Waals surface area contributed by atoms with Crippen molar-refractivity contribution >= 4 is 49.7 Å². The van der Waals surface area contributed by atoms with E-state index in [0.717, 1.165) is 10.0 Å². The third kappa shape index (κ3) is 5.47. The van der Waals surface area contributed by atoms with Crippen molar-refractivity contribution < 1.29 is 19.6 Å². The van der Waals surface area contributed by atoms with Crippen LogP contribution in [0.4, 0.5) is 5.69 Å². The zero-order chi connectivity index (χ0) is 22.5. The number of benzene rings is 2. The number of nitrogens with zero attached hydrogens (tertiary/aromatic N) is 4. The second kappa shape index (κ2) is 9.71. The molecule has 1 aromatic heterocycles. The zero-order valence-electron chi connectivity index (χ0n) is 16.0. The summed E-state index contributed by atoms with van der Waals surface area (Å²) in [5.74, 6) is -0.822. The van der Waals surface area contributed by atoms with Gasteiger partial charge >= 0.3 is 5.69 Å². The normalized spacial score (nSPS) is 10.9. The number of phenols is 1. The summed E-state index contributed by atoms with van der Waals surface area (Å²) in [4.78, 5) is 23.1. The molecule has 0 radical (unpaired) electrons. The number of rotatable bonds is 7. The Labute approximate surface area is 192 Å². The number of ether oxygens (including phenoxy) is 1. The molecule has 0 spiro atoms. The van der Waals surface area contributed by atoms with Crippen molar-refractivity contribution in [2.75, 3.05) is 7.11 Å². The number of halogens is 2. The first-order valence-electron chi connectivity index (χ1n) is 8.64. The minimum atomic E-state index is -0.862. The number of nitrogens with one attached hydrogen (secondary N) is 1. The van der Waals surface area contributed by atoms with Crippen molar-refractivity contribution in [3.63, 3.8) is 0 Å². The van der Waals surface area contributed by atoms with E-state index in [1.807, 2.05) is 24.3 Å². The molecule has 2 N–H and O–H groups in total. The molecule has 3 rings (SSSR count). The summed E-state index contributed by atoms with van der Waals surface area (Å²) >= 11 is 6.61. The van der Waals surface area contributed by atoms with Gasteiger partial charge in [-0.05, 0) is 29.8 Å². The first kappa shape index (κ1) is 22.4. The van der Waals surface area contributed by atoms with Crippen LogP contribution in [0.5, 0.6) is 11.5 Å². The zero-order valence-corrected chi connectivity index (χ0v) is 19.1. The first-order chi connectivity index (χ1) is 14.8. The summed E-state index contributed by atoms with van der Waals surface area (Å²) in [5.41, 5.74) is 2.48. The lowest BCUT2D eigenvalue weighted by molar-refractivity contribution is -0.385. The molecule has 0 saturated carbocycles. The van der Waals surface area contributed by atoms with Crippen molar-refractivity contribution in [3.8, 4) is 11.5 Å². The third-order valence-electron chi connectivity index (χ3n) is 4.07. The Hall–Kier alpha value is -3.25. The van der Waals surface area contributed by atoms with Gasteiger partial charge in [-0.2, -0.15) is 10.2 Å². The molecule has 0 saturated heterocycles. The van der Waals surface area contributed by atoms with E-state index in [9.17, 15) is 20.0 Å². The molecule has 12 heteroatoms. The second-order valence-corrected chi connectivity index (χ2v) is 8.02. The lowest BCUT2D eigenvalue weighted by atomic mass is 10.2. The molecule has 31 heavy (non-hydrogen) atoms. The van der Waals surface area contributed by atoms with Crippen molar-refractivity contribution in [1.29, 1.82) is 0 Å². The van der Waals surface area contributed by atoms with E-state index in [1.165, 1.54) is 24.2 Å². The lowest BCUT2D eigenvalue weighted by Gasteiger charge is -2.06. The Morgan fingerprint density at radius 2 is 2.03 bits per heavy atom. The number of hydrazone groups is 1. The van der Waals surface area contributed by atoms with Crippen LogP contribution in [0.25, 0.3) is 0 Å². The van der Waals surface area contributed by atoms with Gasteiger partial charge in [0, 0.05) is 14.5 Å². The van der Waals surface area contributed by atoms with Gasteiger partial charge in [-0.15, -0.1) is 0 Å². The van der Waals surface area contributed by atoms with E-state index >= 15 is 0 Å². The highest BCUT2D eigenvalue weighted by molar-refractivity contribution is 9.10. The van der Waals surface area contributed by atoms with Crippen LogP contribution in [0.2, 0.25) is 0 Å². The third-order valence-corrected chi connectivity index (χ3v) is 5.06. The minimum absolute atomic E-state index is 0.173. The van der Waals surface area contributed by atoms with Gasteiger partial charge in [0.05, 0.1) is 24.8 Å². The van der Waals surface area contributed by atoms with E-state index < -0.39 is 16.5 Å². The fourth-order valence-corrected chi connectivity index (χ4v) is 3.34. The Balaban J connectivity index is 1.79. The number of methoxy groups -OCH3 is 1. The smallest absolute Gasteiger partial charge is 0.320 e. The highest BCUT2D eigenvalue weighted by Crippen LogP contribution is 2.32. The number of hydrogen-bond acceptors (Lipinski definition) is 7. The molecular weight excluding hydrogens is 538 g/mol. The maximum atomic E-state index is 12.4. The van der Waals surface area contributed by atoms with Crippen LogP contribution >= 0.6 is 31.9 Å². The van der Waals surface area contributed by atoms with E-state index in [-0.39, 0.29) is 29.3 Å². The highest BCUT2D eigenvalue weighted by Gasteiger charge is 2.25. The number of carbonyl (C=O) groups is 1. The molecule has 3 aromatic rings. The predicted molar refractivity (Wildman–Crippen MR) is 120 cm³/mol. The quantitative estimate of drug-likeness (QED) is 0.260. The molecule has 0 atom stereocenters. The summed E-state index contributed by atoms with van der Waals surface area (Å²) in [6, 6.07) is 10.5. The molecule has 1 heterocycles. The van der Waals surface area contributed by atoms with Crippen molar-refractivity contribution in [1.82, 2.24) is 15.2 Å². The van der Waals surface area contributed by atoms with E-state index in [4.69, 9.17) is 4.74 Å². The molecule has 160 valence electrons. The fraction of sp³-hybridized carbons (Fsp3) is 0.105. The minimum Gasteiger partial charge on any atom is -0.504 e. The number of aromatic nitrogens is 2. The molecule has 10 nitrogen and oxygen atoms in total. The number of aromatic hydroxyl groups is 1. The van der Waals surface area contributed by atoms with E-state index in [2.05, 4.69) is 47.5 Å². The molecule has 2 aromatic carbocycles. The van der Waals surface area contributed by atoms with Gasteiger partial charge in [-0.25, -0.2) is 5.43 Å². The maximum Gasteiger partial charge on any atom is 0.320 e.